The topological polar surface area (TPSA) is 67.8 Å². The first-order valence-electron chi connectivity index (χ1n) is 7.95. The average Bonchev–Trinajstić information content (AvgIpc) is 2.61. The van der Waals surface area contributed by atoms with Crippen molar-refractivity contribution in [2.45, 2.75) is 31.1 Å². The maximum atomic E-state index is 12.3. The molecular formula is C18H20N2O3S. The largest absolute Gasteiger partial charge is 0.494 e. The van der Waals surface area contributed by atoms with Crippen LogP contribution in [0.4, 0.5) is 0 Å². The number of fused-ring (bicyclic) bond motifs is 1. The molecule has 2 aromatic carbocycles. The van der Waals surface area contributed by atoms with Crippen molar-refractivity contribution in [1.29, 1.82) is 0 Å². The average molecular weight is 344 g/mol. The van der Waals surface area contributed by atoms with Gasteiger partial charge in [0.1, 0.15) is 5.75 Å². The van der Waals surface area contributed by atoms with E-state index in [0.717, 1.165) is 18.6 Å². The maximum absolute atomic E-state index is 12.3. The lowest BCUT2D eigenvalue weighted by molar-refractivity contribution is 0.340. The zero-order valence-corrected chi connectivity index (χ0v) is 14.3. The number of hydrogen-bond acceptors (Lipinski definition) is 4. The Morgan fingerprint density at radius 3 is 2.46 bits per heavy atom. The van der Waals surface area contributed by atoms with Crippen molar-refractivity contribution in [3.63, 3.8) is 0 Å². The van der Waals surface area contributed by atoms with Gasteiger partial charge in [0.05, 0.1) is 11.5 Å². The Morgan fingerprint density at radius 2 is 1.75 bits per heavy atom. The smallest absolute Gasteiger partial charge is 0.276 e. The number of nitrogens with zero attached hydrogens (tertiary/aromatic N) is 1. The molecule has 1 aliphatic carbocycles. The molecule has 5 nitrogen and oxygen atoms in total. The second-order valence-corrected chi connectivity index (χ2v) is 7.28. The SMILES string of the molecule is CCOc1ccc(S(=O)(=O)N/N=C2\CCc3ccccc3C2)cc1. The van der Waals surface area contributed by atoms with Crippen LogP contribution < -0.4 is 9.57 Å². The van der Waals surface area contributed by atoms with Gasteiger partial charge in [-0.05, 0) is 55.2 Å². The highest BCUT2D eigenvalue weighted by molar-refractivity contribution is 7.89. The van der Waals surface area contributed by atoms with Crippen molar-refractivity contribution < 1.29 is 13.2 Å². The third kappa shape index (κ3) is 3.76. The van der Waals surface area contributed by atoms with Crippen LogP contribution in [0, 0.1) is 0 Å². The van der Waals surface area contributed by atoms with Gasteiger partial charge >= 0.3 is 0 Å². The molecule has 0 bridgehead atoms. The Labute approximate surface area is 142 Å². The minimum atomic E-state index is -3.66. The van der Waals surface area contributed by atoms with Crippen LogP contribution in [0.15, 0.2) is 58.5 Å². The summed E-state index contributed by atoms with van der Waals surface area (Å²) in [6.45, 7) is 2.42. The van der Waals surface area contributed by atoms with Crippen LogP contribution in [-0.2, 0) is 22.9 Å². The first-order chi connectivity index (χ1) is 11.6. The second kappa shape index (κ2) is 7.05. The Hall–Kier alpha value is -2.34. The van der Waals surface area contributed by atoms with Crippen molar-refractivity contribution in [3.05, 3.63) is 59.7 Å². The van der Waals surface area contributed by atoms with Crippen LogP contribution in [0.25, 0.3) is 0 Å². The minimum Gasteiger partial charge on any atom is -0.494 e. The Kier molecular flexibility index (Phi) is 4.85. The summed E-state index contributed by atoms with van der Waals surface area (Å²) >= 11 is 0. The van der Waals surface area contributed by atoms with Gasteiger partial charge in [-0.2, -0.15) is 13.5 Å². The van der Waals surface area contributed by atoms with Gasteiger partial charge < -0.3 is 4.74 Å². The molecule has 0 aliphatic heterocycles. The molecule has 6 heteroatoms. The summed E-state index contributed by atoms with van der Waals surface area (Å²) in [5.41, 5.74) is 3.37. The molecule has 0 radical (unpaired) electrons. The van der Waals surface area contributed by atoms with E-state index in [4.69, 9.17) is 4.74 Å². The van der Waals surface area contributed by atoms with E-state index in [1.54, 1.807) is 12.1 Å². The summed E-state index contributed by atoms with van der Waals surface area (Å²) in [5, 5.41) is 4.14. The first kappa shape index (κ1) is 16.5. The number of nitrogens with one attached hydrogen (secondary N) is 1. The molecule has 0 aromatic heterocycles. The molecule has 0 unspecified atom stereocenters. The lowest BCUT2D eigenvalue weighted by Crippen LogP contribution is -2.23. The van der Waals surface area contributed by atoms with Crippen molar-refractivity contribution >= 4 is 15.7 Å². The first-order valence-corrected chi connectivity index (χ1v) is 9.43. The highest BCUT2D eigenvalue weighted by Gasteiger charge is 2.16. The molecule has 126 valence electrons. The number of hydrogen-bond donors (Lipinski definition) is 1. The van der Waals surface area contributed by atoms with E-state index in [1.165, 1.54) is 23.3 Å². The van der Waals surface area contributed by atoms with Gasteiger partial charge in [0.2, 0.25) is 0 Å². The van der Waals surface area contributed by atoms with Crippen LogP contribution >= 0.6 is 0 Å². The van der Waals surface area contributed by atoms with Gasteiger partial charge in [-0.1, -0.05) is 24.3 Å². The van der Waals surface area contributed by atoms with Crippen molar-refractivity contribution in [2.75, 3.05) is 6.61 Å². The number of sulfonamides is 1. The second-order valence-electron chi connectivity index (χ2n) is 5.62. The molecule has 2 aromatic rings. The molecule has 0 spiro atoms. The van der Waals surface area contributed by atoms with Gasteiger partial charge in [0, 0.05) is 12.1 Å². The predicted octanol–water partition coefficient (Wildman–Crippen LogP) is 2.91. The van der Waals surface area contributed by atoms with Crippen LogP contribution in [0.2, 0.25) is 0 Å². The third-order valence-corrected chi connectivity index (χ3v) is 5.19. The predicted molar refractivity (Wildman–Crippen MR) is 93.8 cm³/mol. The quantitative estimate of drug-likeness (QED) is 0.848. The minimum absolute atomic E-state index is 0.173. The van der Waals surface area contributed by atoms with E-state index in [0.29, 0.717) is 18.8 Å². The zero-order valence-electron chi connectivity index (χ0n) is 13.5. The summed E-state index contributed by atoms with van der Waals surface area (Å²) < 4.78 is 30.0. The van der Waals surface area contributed by atoms with E-state index in [2.05, 4.69) is 22.1 Å². The van der Waals surface area contributed by atoms with Gasteiger partial charge in [-0.3, -0.25) is 0 Å². The number of rotatable bonds is 5. The Bertz CT molecular complexity index is 843. The molecule has 0 amide bonds. The van der Waals surface area contributed by atoms with E-state index >= 15 is 0 Å². The van der Waals surface area contributed by atoms with Crippen LogP contribution in [0.1, 0.15) is 24.5 Å². The van der Waals surface area contributed by atoms with Crippen LogP contribution in [0.3, 0.4) is 0 Å². The molecule has 0 heterocycles. The fourth-order valence-electron chi connectivity index (χ4n) is 2.72. The van der Waals surface area contributed by atoms with E-state index < -0.39 is 10.0 Å². The lowest BCUT2D eigenvalue weighted by atomic mass is 9.90. The third-order valence-electron chi connectivity index (χ3n) is 3.96. The monoisotopic (exact) mass is 344 g/mol. The van der Waals surface area contributed by atoms with Gasteiger partial charge in [-0.25, -0.2) is 4.83 Å². The number of benzene rings is 2. The number of ether oxygens (including phenoxy) is 1. The molecule has 1 aliphatic rings. The van der Waals surface area contributed by atoms with E-state index in [-0.39, 0.29) is 4.90 Å². The molecule has 3 rings (SSSR count). The van der Waals surface area contributed by atoms with Crippen molar-refractivity contribution in [1.82, 2.24) is 4.83 Å². The standard InChI is InChI=1S/C18H20N2O3S/c1-2-23-17-9-11-18(12-10-17)24(21,22)20-19-16-8-7-14-5-3-4-6-15(14)13-16/h3-6,9-12,20H,2,7-8,13H2,1H3/b19-16+. The molecule has 0 saturated carbocycles. The Balaban J connectivity index is 1.71. The molecule has 0 atom stereocenters. The van der Waals surface area contributed by atoms with E-state index in [9.17, 15) is 8.42 Å². The maximum Gasteiger partial charge on any atom is 0.276 e. The molecule has 24 heavy (non-hydrogen) atoms. The highest BCUT2D eigenvalue weighted by Crippen LogP contribution is 2.20. The van der Waals surface area contributed by atoms with Gasteiger partial charge in [0.25, 0.3) is 10.0 Å². The van der Waals surface area contributed by atoms with Crippen LogP contribution in [0.5, 0.6) is 5.75 Å². The van der Waals surface area contributed by atoms with Crippen LogP contribution in [-0.4, -0.2) is 20.7 Å². The molecule has 0 fully saturated rings. The summed E-state index contributed by atoms with van der Waals surface area (Å²) in [6.07, 6.45) is 2.34. The van der Waals surface area contributed by atoms with Gasteiger partial charge in [0.15, 0.2) is 0 Å². The number of hydrazone groups is 1. The summed E-state index contributed by atoms with van der Waals surface area (Å²) in [4.78, 5) is 2.52. The highest BCUT2D eigenvalue weighted by atomic mass is 32.2. The molecule has 0 saturated heterocycles. The van der Waals surface area contributed by atoms with Crippen molar-refractivity contribution in [3.8, 4) is 5.75 Å². The van der Waals surface area contributed by atoms with Crippen molar-refractivity contribution in [2.24, 2.45) is 5.10 Å². The fourth-order valence-corrected chi connectivity index (χ4v) is 3.56. The molecular weight excluding hydrogens is 324 g/mol. The lowest BCUT2D eigenvalue weighted by Gasteiger charge is -2.17. The Morgan fingerprint density at radius 1 is 1.04 bits per heavy atom. The molecule has 1 N–H and O–H groups in total. The number of aryl methyl sites for hydroxylation is 1. The normalized spacial score (nSPS) is 15.8. The fraction of sp³-hybridized carbons (Fsp3) is 0.278. The zero-order chi connectivity index (χ0) is 17.0. The summed E-state index contributed by atoms with van der Waals surface area (Å²) in [5.74, 6) is 0.645. The van der Waals surface area contributed by atoms with Gasteiger partial charge in [-0.15, -0.1) is 0 Å². The van der Waals surface area contributed by atoms with E-state index in [1.807, 2.05) is 19.1 Å². The summed E-state index contributed by atoms with van der Waals surface area (Å²) in [6, 6.07) is 14.5. The summed E-state index contributed by atoms with van der Waals surface area (Å²) in [7, 11) is -3.66.